The standard InChI is InChI=1S/C14H19NO3/c16-11-8-12-6-9-15(10-7-12)14(17)18-13-4-2-1-3-5-13/h1-5,12,16H,6-11H2. The molecule has 0 saturated carbocycles. The van der Waals surface area contributed by atoms with Crippen LogP contribution in [0, 0.1) is 5.92 Å². The molecule has 1 aromatic carbocycles. The Bertz CT molecular complexity index is 372. The Kier molecular flexibility index (Phi) is 4.59. The number of carbonyl (C=O) groups excluding carboxylic acids is 1. The third-order valence-electron chi connectivity index (χ3n) is 3.36. The maximum Gasteiger partial charge on any atom is 0.415 e. The lowest BCUT2D eigenvalue weighted by atomic mass is 9.94. The molecule has 0 unspecified atom stereocenters. The Morgan fingerprint density at radius 2 is 1.94 bits per heavy atom. The molecule has 1 aliphatic heterocycles. The van der Waals surface area contributed by atoms with Gasteiger partial charge in [-0.25, -0.2) is 4.79 Å². The number of aliphatic hydroxyl groups is 1. The zero-order valence-electron chi connectivity index (χ0n) is 10.4. The fourth-order valence-corrected chi connectivity index (χ4v) is 2.24. The van der Waals surface area contributed by atoms with Crippen molar-refractivity contribution < 1.29 is 14.6 Å². The fourth-order valence-electron chi connectivity index (χ4n) is 2.24. The van der Waals surface area contributed by atoms with E-state index < -0.39 is 0 Å². The van der Waals surface area contributed by atoms with E-state index in [0.29, 0.717) is 11.7 Å². The first-order chi connectivity index (χ1) is 8.79. The number of nitrogens with zero attached hydrogens (tertiary/aromatic N) is 1. The first-order valence-corrected chi connectivity index (χ1v) is 6.42. The zero-order valence-corrected chi connectivity index (χ0v) is 10.4. The zero-order chi connectivity index (χ0) is 12.8. The van der Waals surface area contributed by atoms with Crippen LogP contribution in [0.25, 0.3) is 0 Å². The molecule has 1 amide bonds. The van der Waals surface area contributed by atoms with E-state index in [4.69, 9.17) is 9.84 Å². The molecule has 0 aromatic heterocycles. The summed E-state index contributed by atoms with van der Waals surface area (Å²) in [7, 11) is 0. The van der Waals surface area contributed by atoms with E-state index in [2.05, 4.69) is 0 Å². The lowest BCUT2D eigenvalue weighted by Crippen LogP contribution is -2.40. The van der Waals surface area contributed by atoms with Gasteiger partial charge in [-0.2, -0.15) is 0 Å². The van der Waals surface area contributed by atoms with E-state index in [1.54, 1.807) is 17.0 Å². The SMILES string of the molecule is O=C(Oc1ccccc1)N1CCC(CCO)CC1. The van der Waals surface area contributed by atoms with Crippen LogP contribution in [-0.2, 0) is 0 Å². The van der Waals surface area contributed by atoms with Crippen LogP contribution in [0.3, 0.4) is 0 Å². The van der Waals surface area contributed by atoms with Crippen molar-refractivity contribution in [3.8, 4) is 5.75 Å². The second-order valence-electron chi connectivity index (χ2n) is 4.62. The molecule has 0 atom stereocenters. The quantitative estimate of drug-likeness (QED) is 0.894. The van der Waals surface area contributed by atoms with Crippen LogP contribution in [-0.4, -0.2) is 35.8 Å². The van der Waals surface area contributed by atoms with Gasteiger partial charge in [0, 0.05) is 19.7 Å². The number of likely N-dealkylation sites (tertiary alicyclic amines) is 1. The number of ether oxygens (including phenoxy) is 1. The number of rotatable bonds is 3. The number of piperidine rings is 1. The third kappa shape index (κ3) is 3.47. The van der Waals surface area contributed by atoms with E-state index in [1.165, 1.54) is 0 Å². The van der Waals surface area contributed by atoms with Gasteiger partial charge in [0.25, 0.3) is 0 Å². The summed E-state index contributed by atoms with van der Waals surface area (Å²) in [6, 6.07) is 9.12. The van der Waals surface area contributed by atoms with Crippen molar-refractivity contribution in [2.24, 2.45) is 5.92 Å². The van der Waals surface area contributed by atoms with Gasteiger partial charge in [-0.05, 0) is 37.3 Å². The van der Waals surface area contributed by atoms with E-state index >= 15 is 0 Å². The number of hydrogen-bond donors (Lipinski definition) is 1. The Morgan fingerprint density at radius 1 is 1.28 bits per heavy atom. The molecule has 2 rings (SSSR count). The van der Waals surface area contributed by atoms with Gasteiger partial charge in [-0.15, -0.1) is 0 Å². The Balaban J connectivity index is 1.81. The lowest BCUT2D eigenvalue weighted by molar-refractivity contribution is 0.124. The predicted molar refractivity (Wildman–Crippen MR) is 68.5 cm³/mol. The summed E-state index contributed by atoms with van der Waals surface area (Å²) < 4.78 is 5.29. The molecule has 0 bridgehead atoms. The van der Waals surface area contributed by atoms with Crippen LogP contribution in [0.4, 0.5) is 4.79 Å². The van der Waals surface area contributed by atoms with Crippen LogP contribution >= 0.6 is 0 Å². The number of carbonyl (C=O) groups is 1. The molecule has 1 heterocycles. The van der Waals surface area contributed by atoms with Crippen molar-refractivity contribution in [2.75, 3.05) is 19.7 Å². The van der Waals surface area contributed by atoms with Gasteiger partial charge in [0.1, 0.15) is 5.75 Å². The third-order valence-corrected chi connectivity index (χ3v) is 3.36. The van der Waals surface area contributed by atoms with Crippen LogP contribution in [0.5, 0.6) is 5.75 Å². The van der Waals surface area contributed by atoms with E-state index in [9.17, 15) is 4.79 Å². The molecule has 1 N–H and O–H groups in total. The predicted octanol–water partition coefficient (Wildman–Crippen LogP) is 2.28. The van der Waals surface area contributed by atoms with Crippen molar-refractivity contribution >= 4 is 6.09 Å². The van der Waals surface area contributed by atoms with Crippen LogP contribution < -0.4 is 4.74 Å². The average Bonchev–Trinajstić information content (AvgIpc) is 2.41. The molecule has 0 radical (unpaired) electrons. The second kappa shape index (κ2) is 6.40. The molecule has 98 valence electrons. The minimum atomic E-state index is -0.274. The molecule has 4 heteroatoms. The summed E-state index contributed by atoms with van der Waals surface area (Å²) in [5.41, 5.74) is 0. The van der Waals surface area contributed by atoms with Gasteiger partial charge in [-0.1, -0.05) is 18.2 Å². The summed E-state index contributed by atoms with van der Waals surface area (Å²) >= 11 is 0. The average molecular weight is 249 g/mol. The summed E-state index contributed by atoms with van der Waals surface area (Å²) in [5, 5.41) is 8.88. The normalized spacial score (nSPS) is 16.6. The first-order valence-electron chi connectivity index (χ1n) is 6.42. The maximum atomic E-state index is 11.9. The lowest BCUT2D eigenvalue weighted by Gasteiger charge is -2.30. The summed E-state index contributed by atoms with van der Waals surface area (Å²) in [6.07, 6.45) is 2.46. The highest BCUT2D eigenvalue weighted by Gasteiger charge is 2.23. The largest absolute Gasteiger partial charge is 0.415 e. The van der Waals surface area contributed by atoms with E-state index in [1.807, 2.05) is 18.2 Å². The van der Waals surface area contributed by atoms with Crippen molar-refractivity contribution in [1.29, 1.82) is 0 Å². The van der Waals surface area contributed by atoms with Gasteiger partial charge in [0.2, 0.25) is 0 Å². The van der Waals surface area contributed by atoms with Crippen molar-refractivity contribution in [3.63, 3.8) is 0 Å². The molecule has 18 heavy (non-hydrogen) atoms. The Morgan fingerprint density at radius 3 is 2.56 bits per heavy atom. The van der Waals surface area contributed by atoms with Gasteiger partial charge < -0.3 is 14.7 Å². The minimum Gasteiger partial charge on any atom is -0.410 e. The number of amides is 1. The minimum absolute atomic E-state index is 0.235. The molecule has 1 aromatic rings. The number of aliphatic hydroxyl groups excluding tert-OH is 1. The van der Waals surface area contributed by atoms with Gasteiger partial charge in [0.15, 0.2) is 0 Å². The van der Waals surface area contributed by atoms with E-state index in [0.717, 1.165) is 32.4 Å². The molecular weight excluding hydrogens is 230 g/mol. The Labute approximate surface area is 107 Å². The smallest absolute Gasteiger partial charge is 0.410 e. The van der Waals surface area contributed by atoms with Crippen molar-refractivity contribution in [3.05, 3.63) is 30.3 Å². The second-order valence-corrected chi connectivity index (χ2v) is 4.62. The molecule has 1 aliphatic rings. The van der Waals surface area contributed by atoms with Crippen molar-refractivity contribution in [1.82, 2.24) is 4.90 Å². The highest BCUT2D eigenvalue weighted by Crippen LogP contribution is 2.21. The van der Waals surface area contributed by atoms with Gasteiger partial charge in [-0.3, -0.25) is 0 Å². The summed E-state index contributed by atoms with van der Waals surface area (Å²) in [6.45, 7) is 1.67. The van der Waals surface area contributed by atoms with Crippen LogP contribution in [0.1, 0.15) is 19.3 Å². The van der Waals surface area contributed by atoms with Crippen molar-refractivity contribution in [2.45, 2.75) is 19.3 Å². The molecule has 0 spiro atoms. The topological polar surface area (TPSA) is 49.8 Å². The van der Waals surface area contributed by atoms with Gasteiger partial charge >= 0.3 is 6.09 Å². The summed E-state index contributed by atoms with van der Waals surface area (Å²) in [4.78, 5) is 13.6. The molecule has 1 fully saturated rings. The van der Waals surface area contributed by atoms with Crippen LogP contribution in [0.2, 0.25) is 0 Å². The fraction of sp³-hybridized carbons (Fsp3) is 0.500. The van der Waals surface area contributed by atoms with Crippen LogP contribution in [0.15, 0.2) is 30.3 Å². The first kappa shape index (κ1) is 12.9. The highest BCUT2D eigenvalue weighted by atomic mass is 16.6. The highest BCUT2D eigenvalue weighted by molar-refractivity contribution is 5.70. The number of benzene rings is 1. The Hall–Kier alpha value is -1.55. The molecule has 4 nitrogen and oxygen atoms in total. The molecule has 0 aliphatic carbocycles. The molecule has 1 saturated heterocycles. The summed E-state index contributed by atoms with van der Waals surface area (Å²) in [5.74, 6) is 1.12. The number of para-hydroxylation sites is 1. The number of hydrogen-bond acceptors (Lipinski definition) is 3. The monoisotopic (exact) mass is 249 g/mol. The molecular formula is C14H19NO3. The van der Waals surface area contributed by atoms with Gasteiger partial charge in [0.05, 0.1) is 0 Å². The van der Waals surface area contributed by atoms with E-state index in [-0.39, 0.29) is 12.7 Å². The maximum absolute atomic E-state index is 11.9.